The summed E-state index contributed by atoms with van der Waals surface area (Å²) in [6.45, 7) is 12.1. The third-order valence-electron chi connectivity index (χ3n) is 6.38. The summed E-state index contributed by atoms with van der Waals surface area (Å²) in [5.41, 5.74) is 7.31. The fourth-order valence-corrected chi connectivity index (χ4v) is 4.74. The van der Waals surface area contributed by atoms with E-state index in [-0.39, 0.29) is 11.0 Å². The van der Waals surface area contributed by atoms with Crippen LogP contribution in [0.15, 0.2) is 115 Å². The highest BCUT2D eigenvalue weighted by Crippen LogP contribution is 2.52. The molecule has 0 fully saturated rings. The van der Waals surface area contributed by atoms with Crippen LogP contribution in [0.25, 0.3) is 5.57 Å². The van der Waals surface area contributed by atoms with Crippen molar-refractivity contribution in [2.24, 2.45) is 0 Å². The molecule has 0 amide bonds. The molecule has 4 rings (SSSR count). The van der Waals surface area contributed by atoms with Crippen LogP contribution in [-0.2, 0) is 15.0 Å². The van der Waals surface area contributed by atoms with Gasteiger partial charge in [-0.05, 0) is 52.6 Å². The minimum Gasteiger partial charge on any atom is -0.310 e. The van der Waals surface area contributed by atoms with Crippen LogP contribution in [0.5, 0.6) is 0 Å². The largest absolute Gasteiger partial charge is 0.310 e. The van der Waals surface area contributed by atoms with Crippen LogP contribution in [0.1, 0.15) is 30.5 Å². The van der Waals surface area contributed by atoms with Crippen LogP contribution in [0.4, 0.5) is 17.1 Å². The summed E-state index contributed by atoms with van der Waals surface area (Å²) in [7, 11) is 0. The number of benzene rings is 3. The number of anilines is 3. The van der Waals surface area contributed by atoms with Crippen molar-refractivity contribution in [2.45, 2.75) is 19.3 Å². The summed E-state index contributed by atoms with van der Waals surface area (Å²) in [5, 5.41) is 0. The van der Waals surface area contributed by atoms with Crippen LogP contribution in [-0.4, -0.2) is 12.6 Å². The molecule has 3 heteroatoms. The van der Waals surface area contributed by atoms with Crippen molar-refractivity contribution in [3.8, 4) is 0 Å². The first kappa shape index (κ1) is 22.9. The molecule has 0 saturated heterocycles. The lowest BCUT2D eigenvalue weighted by Crippen LogP contribution is -2.30. The minimum absolute atomic E-state index is 0.0712. The highest BCUT2D eigenvalue weighted by Gasteiger charge is 2.37. The zero-order valence-corrected chi connectivity index (χ0v) is 19.5. The maximum absolute atomic E-state index is 11.8. The van der Waals surface area contributed by atoms with Crippen LogP contribution < -0.4 is 4.90 Å². The molecule has 1 aliphatic heterocycles. The van der Waals surface area contributed by atoms with E-state index in [0.717, 1.165) is 28.2 Å². The molecule has 0 aromatic heterocycles. The summed E-state index contributed by atoms with van der Waals surface area (Å²) in [4.78, 5) is 25.9. The first-order valence-corrected chi connectivity index (χ1v) is 11.2. The lowest BCUT2D eigenvalue weighted by Gasteiger charge is -2.42. The molecule has 0 atom stereocenters. The average Bonchev–Trinajstić information content (AvgIpc) is 2.87. The number of aldehydes is 2. The molecule has 0 aliphatic carbocycles. The maximum Gasteiger partial charge on any atom is 0.153 e. The molecule has 0 saturated carbocycles. The highest BCUT2D eigenvalue weighted by atomic mass is 16.1. The number of para-hydroxylation sites is 2. The van der Waals surface area contributed by atoms with Crippen molar-refractivity contribution >= 4 is 35.2 Å². The summed E-state index contributed by atoms with van der Waals surface area (Å²) < 4.78 is 0. The average molecular weight is 446 g/mol. The number of hydrogen-bond acceptors (Lipinski definition) is 3. The summed E-state index contributed by atoms with van der Waals surface area (Å²) in [5.74, 6) is 0. The Balaban J connectivity index is 2.03. The van der Waals surface area contributed by atoms with Gasteiger partial charge in [0.05, 0.1) is 16.9 Å². The van der Waals surface area contributed by atoms with E-state index in [4.69, 9.17) is 0 Å². The van der Waals surface area contributed by atoms with Crippen molar-refractivity contribution in [1.29, 1.82) is 0 Å². The van der Waals surface area contributed by atoms with Crippen molar-refractivity contribution in [3.63, 3.8) is 0 Å². The molecule has 3 nitrogen and oxygen atoms in total. The molecule has 0 bridgehead atoms. The second-order valence-corrected chi connectivity index (χ2v) is 8.67. The minimum atomic E-state index is -0.308. The van der Waals surface area contributed by atoms with E-state index in [0.29, 0.717) is 23.7 Å². The van der Waals surface area contributed by atoms with E-state index in [9.17, 15) is 9.59 Å². The van der Waals surface area contributed by atoms with E-state index in [1.807, 2.05) is 24.3 Å². The van der Waals surface area contributed by atoms with E-state index >= 15 is 0 Å². The van der Waals surface area contributed by atoms with Crippen LogP contribution >= 0.6 is 0 Å². The van der Waals surface area contributed by atoms with Gasteiger partial charge in [-0.25, -0.2) is 0 Å². The zero-order chi connectivity index (χ0) is 24.3. The van der Waals surface area contributed by atoms with E-state index < -0.39 is 0 Å². The Morgan fingerprint density at radius 2 is 1.47 bits per heavy atom. The van der Waals surface area contributed by atoms with Crippen molar-refractivity contribution in [2.75, 3.05) is 4.90 Å². The number of carbonyl (C=O) groups is 2. The van der Waals surface area contributed by atoms with Gasteiger partial charge in [-0.1, -0.05) is 87.7 Å². The molecular weight excluding hydrogens is 418 g/mol. The van der Waals surface area contributed by atoms with Gasteiger partial charge in [0.25, 0.3) is 0 Å². The Kier molecular flexibility index (Phi) is 6.29. The Morgan fingerprint density at radius 1 is 0.824 bits per heavy atom. The normalized spacial score (nSPS) is 13.8. The SMILES string of the molecule is C=C/C=C(\C=C)C(=C(C=O)C=O)c1ccc2c(c1)C(C)(C)c1ccccc1N2c1ccccc1. The smallest absolute Gasteiger partial charge is 0.153 e. The second-order valence-electron chi connectivity index (χ2n) is 8.67. The third-order valence-corrected chi connectivity index (χ3v) is 6.38. The van der Waals surface area contributed by atoms with Gasteiger partial charge in [-0.15, -0.1) is 0 Å². The van der Waals surface area contributed by atoms with Crippen molar-refractivity contribution < 1.29 is 9.59 Å². The molecule has 168 valence electrons. The summed E-state index contributed by atoms with van der Waals surface area (Å²) in [6.07, 6.45) is 6.21. The van der Waals surface area contributed by atoms with Gasteiger partial charge in [0, 0.05) is 16.7 Å². The molecule has 3 aromatic rings. The van der Waals surface area contributed by atoms with Gasteiger partial charge >= 0.3 is 0 Å². The van der Waals surface area contributed by atoms with Crippen molar-refractivity contribution in [1.82, 2.24) is 0 Å². The lowest BCUT2D eigenvalue weighted by atomic mass is 9.72. The summed E-state index contributed by atoms with van der Waals surface area (Å²) >= 11 is 0. The number of fused-ring (bicyclic) bond motifs is 2. The fourth-order valence-electron chi connectivity index (χ4n) is 4.74. The second kappa shape index (κ2) is 9.32. The Labute approximate surface area is 201 Å². The monoisotopic (exact) mass is 445 g/mol. The van der Waals surface area contributed by atoms with Crippen LogP contribution in [0.2, 0.25) is 0 Å². The molecule has 1 heterocycles. The number of hydrogen-bond donors (Lipinski definition) is 0. The first-order valence-electron chi connectivity index (χ1n) is 11.2. The van der Waals surface area contributed by atoms with E-state index in [2.05, 4.69) is 80.4 Å². The van der Waals surface area contributed by atoms with Gasteiger partial charge in [-0.3, -0.25) is 9.59 Å². The topological polar surface area (TPSA) is 37.4 Å². The van der Waals surface area contributed by atoms with Gasteiger partial charge < -0.3 is 4.90 Å². The standard InChI is InChI=1S/C31H27NO2/c1-5-12-22(6-2)30(24(20-33)21-34)23-17-18-29-27(19-23)31(3,4)26-15-10-11-16-28(26)32(29)25-13-8-7-9-14-25/h5-21H,1-2H2,3-4H3/b22-12+. The number of nitrogens with zero attached hydrogens (tertiary/aromatic N) is 1. The zero-order valence-electron chi connectivity index (χ0n) is 19.5. The lowest BCUT2D eigenvalue weighted by molar-refractivity contribution is -0.109. The fraction of sp³-hybridized carbons (Fsp3) is 0.0968. The molecule has 0 unspecified atom stereocenters. The van der Waals surface area contributed by atoms with Gasteiger partial charge in [0.2, 0.25) is 0 Å². The molecule has 34 heavy (non-hydrogen) atoms. The quantitative estimate of drug-likeness (QED) is 0.126. The summed E-state index contributed by atoms with van der Waals surface area (Å²) in [6, 6.07) is 24.8. The molecule has 0 spiro atoms. The van der Waals surface area contributed by atoms with Gasteiger partial charge in [0.15, 0.2) is 12.6 Å². The highest BCUT2D eigenvalue weighted by molar-refractivity contribution is 6.11. The predicted molar refractivity (Wildman–Crippen MR) is 141 cm³/mol. The Hall–Kier alpha value is -4.24. The Bertz CT molecular complexity index is 1330. The van der Waals surface area contributed by atoms with E-state index in [1.54, 1.807) is 18.2 Å². The number of allylic oxidation sites excluding steroid dienone is 6. The number of carbonyl (C=O) groups excluding carboxylic acids is 2. The van der Waals surface area contributed by atoms with Gasteiger partial charge in [0.1, 0.15) is 0 Å². The predicted octanol–water partition coefficient (Wildman–Crippen LogP) is 7.25. The molecule has 0 radical (unpaired) electrons. The first-order chi connectivity index (χ1) is 16.5. The molecule has 1 aliphatic rings. The van der Waals surface area contributed by atoms with Gasteiger partial charge in [-0.2, -0.15) is 0 Å². The van der Waals surface area contributed by atoms with Crippen LogP contribution in [0, 0.1) is 0 Å². The number of rotatable bonds is 7. The molecule has 3 aromatic carbocycles. The van der Waals surface area contributed by atoms with Crippen molar-refractivity contribution in [3.05, 3.63) is 132 Å². The molecule has 0 N–H and O–H groups in total. The maximum atomic E-state index is 11.8. The van der Waals surface area contributed by atoms with E-state index in [1.165, 1.54) is 5.56 Å². The Morgan fingerprint density at radius 3 is 2.12 bits per heavy atom. The molecular formula is C31H27NO2. The third kappa shape index (κ3) is 3.75. The van der Waals surface area contributed by atoms with Crippen LogP contribution in [0.3, 0.4) is 0 Å².